The smallest absolute Gasteiger partial charge is 0.320 e. The molecule has 2 bridgehead atoms. The molecule has 2 aliphatic rings. The molecule has 0 radical (unpaired) electrons. The summed E-state index contributed by atoms with van der Waals surface area (Å²) in [6.07, 6.45) is 4.41. The number of carbonyl (C=O) groups excluding carboxylic acids is 1. The molecule has 2 aliphatic heterocycles. The van der Waals surface area contributed by atoms with Crippen LogP contribution in [0.1, 0.15) is 25.0 Å². The number of hydrogen-bond donors (Lipinski definition) is 1. The van der Waals surface area contributed by atoms with Crippen molar-refractivity contribution in [3.8, 4) is 0 Å². The SMILES string of the molecule is C[C@@H](c1ccccn1)C1CC2CN1c1cccnc1N2C(N)=O. The molecule has 2 aromatic heterocycles. The van der Waals surface area contributed by atoms with Gasteiger partial charge in [-0.2, -0.15) is 0 Å². The molecule has 2 N–H and O–H groups in total. The lowest BCUT2D eigenvalue weighted by molar-refractivity contribution is 0.251. The molecule has 0 saturated carbocycles. The molecule has 0 aliphatic carbocycles. The van der Waals surface area contributed by atoms with Crippen LogP contribution in [-0.4, -0.2) is 34.6 Å². The van der Waals surface area contributed by atoms with E-state index in [0.29, 0.717) is 5.82 Å². The highest BCUT2D eigenvalue weighted by Gasteiger charge is 2.46. The number of nitrogens with two attached hydrogens (primary N) is 1. The Morgan fingerprint density at radius 1 is 1.26 bits per heavy atom. The lowest BCUT2D eigenvalue weighted by Crippen LogP contribution is -2.49. The minimum absolute atomic E-state index is 0.0751. The molecular weight excluding hydrogens is 290 g/mol. The van der Waals surface area contributed by atoms with Gasteiger partial charge >= 0.3 is 6.03 Å². The monoisotopic (exact) mass is 309 g/mol. The van der Waals surface area contributed by atoms with Crippen molar-refractivity contribution in [1.29, 1.82) is 0 Å². The molecule has 6 nitrogen and oxygen atoms in total. The molecule has 3 atom stereocenters. The van der Waals surface area contributed by atoms with Crippen molar-refractivity contribution in [2.75, 3.05) is 16.3 Å². The Bertz CT molecular complexity index is 735. The maximum Gasteiger partial charge on any atom is 0.320 e. The molecule has 6 heteroatoms. The summed E-state index contributed by atoms with van der Waals surface area (Å²) in [6, 6.07) is 9.84. The maximum atomic E-state index is 11.9. The van der Waals surface area contributed by atoms with Crippen LogP contribution in [0.3, 0.4) is 0 Å². The lowest BCUT2D eigenvalue weighted by atomic mass is 9.95. The Morgan fingerprint density at radius 3 is 2.83 bits per heavy atom. The third kappa shape index (κ3) is 2.13. The molecule has 4 rings (SSSR count). The van der Waals surface area contributed by atoms with Gasteiger partial charge in [0, 0.05) is 36.6 Å². The number of carbonyl (C=O) groups is 1. The van der Waals surface area contributed by atoms with E-state index in [-0.39, 0.29) is 18.0 Å². The number of aromatic nitrogens is 2. The number of hydrogen-bond acceptors (Lipinski definition) is 4. The van der Waals surface area contributed by atoms with Crippen molar-refractivity contribution in [2.45, 2.75) is 31.3 Å². The quantitative estimate of drug-likeness (QED) is 0.922. The van der Waals surface area contributed by atoms with Crippen LogP contribution in [0.2, 0.25) is 0 Å². The fraction of sp³-hybridized carbons (Fsp3) is 0.353. The molecule has 1 fully saturated rings. The maximum absolute atomic E-state index is 11.9. The van der Waals surface area contributed by atoms with Crippen molar-refractivity contribution in [3.63, 3.8) is 0 Å². The van der Waals surface area contributed by atoms with Gasteiger partial charge in [0.25, 0.3) is 0 Å². The van der Waals surface area contributed by atoms with Crippen LogP contribution in [0.4, 0.5) is 16.3 Å². The summed E-state index contributed by atoms with van der Waals surface area (Å²) < 4.78 is 0. The Balaban J connectivity index is 1.74. The van der Waals surface area contributed by atoms with E-state index in [1.807, 2.05) is 30.5 Å². The fourth-order valence-corrected chi connectivity index (χ4v) is 3.88. The zero-order chi connectivity index (χ0) is 16.0. The standard InChI is InChI=1S/C17H19N5O/c1-11(13-5-2-3-7-19-13)15-9-12-10-21(15)14-6-4-8-20-16(14)22(12)17(18)23/h2-8,11-12,15H,9-10H2,1H3,(H2,18,23)/t11-,12?,15?/m0/s1. The number of primary amides is 1. The Morgan fingerprint density at radius 2 is 2.09 bits per heavy atom. The number of pyridine rings is 2. The summed E-state index contributed by atoms with van der Waals surface area (Å²) in [4.78, 5) is 24.8. The van der Waals surface area contributed by atoms with Gasteiger partial charge in [0.1, 0.15) is 0 Å². The number of fused-ring (bicyclic) bond motifs is 4. The highest BCUT2D eigenvalue weighted by Crippen LogP contribution is 2.44. The lowest BCUT2D eigenvalue weighted by Gasteiger charge is -2.36. The second kappa shape index (κ2) is 5.22. The van der Waals surface area contributed by atoms with Crippen LogP contribution in [0.15, 0.2) is 42.7 Å². The number of nitrogens with zero attached hydrogens (tertiary/aromatic N) is 4. The second-order valence-corrected chi connectivity index (χ2v) is 6.21. The van der Waals surface area contributed by atoms with E-state index in [0.717, 1.165) is 24.3 Å². The predicted octanol–water partition coefficient (Wildman–Crippen LogP) is 2.13. The number of urea groups is 1. The molecule has 0 aromatic carbocycles. The van der Waals surface area contributed by atoms with Crippen LogP contribution < -0.4 is 15.5 Å². The highest BCUT2D eigenvalue weighted by atomic mass is 16.2. The Kier molecular flexibility index (Phi) is 3.18. The van der Waals surface area contributed by atoms with Crippen LogP contribution in [-0.2, 0) is 0 Å². The van der Waals surface area contributed by atoms with Gasteiger partial charge in [0.05, 0.1) is 11.7 Å². The van der Waals surface area contributed by atoms with Gasteiger partial charge in [0.2, 0.25) is 0 Å². The third-order valence-electron chi connectivity index (χ3n) is 4.96. The summed E-state index contributed by atoms with van der Waals surface area (Å²) in [5, 5.41) is 0. The average Bonchev–Trinajstić information content (AvgIpc) is 2.95. The molecule has 2 amide bonds. The van der Waals surface area contributed by atoms with Crippen LogP contribution in [0.5, 0.6) is 0 Å². The first kappa shape index (κ1) is 14.0. The Hall–Kier alpha value is -2.63. The number of rotatable bonds is 2. The first-order valence-corrected chi connectivity index (χ1v) is 7.88. The summed E-state index contributed by atoms with van der Waals surface area (Å²) in [7, 11) is 0. The Labute approximate surface area is 134 Å². The molecule has 0 spiro atoms. The van der Waals surface area contributed by atoms with Gasteiger partial charge in [-0.1, -0.05) is 13.0 Å². The van der Waals surface area contributed by atoms with Gasteiger partial charge in [-0.15, -0.1) is 0 Å². The van der Waals surface area contributed by atoms with Gasteiger partial charge in [0.15, 0.2) is 5.82 Å². The predicted molar refractivity (Wildman–Crippen MR) is 88.5 cm³/mol. The molecule has 2 unspecified atom stereocenters. The van der Waals surface area contributed by atoms with E-state index in [1.165, 1.54) is 0 Å². The average molecular weight is 309 g/mol. The molecule has 118 valence electrons. The summed E-state index contributed by atoms with van der Waals surface area (Å²) in [5.41, 5.74) is 7.67. The van der Waals surface area contributed by atoms with Gasteiger partial charge < -0.3 is 10.6 Å². The fourth-order valence-electron chi connectivity index (χ4n) is 3.88. The molecule has 4 heterocycles. The summed E-state index contributed by atoms with van der Waals surface area (Å²) in [5.74, 6) is 0.939. The van der Waals surface area contributed by atoms with Crippen molar-refractivity contribution in [2.24, 2.45) is 5.73 Å². The van der Waals surface area contributed by atoms with E-state index in [2.05, 4.69) is 27.9 Å². The van der Waals surface area contributed by atoms with E-state index in [4.69, 9.17) is 5.73 Å². The van der Waals surface area contributed by atoms with Crippen molar-refractivity contribution >= 4 is 17.5 Å². The van der Waals surface area contributed by atoms with Gasteiger partial charge in [-0.3, -0.25) is 9.88 Å². The summed E-state index contributed by atoms with van der Waals surface area (Å²) >= 11 is 0. The van der Waals surface area contributed by atoms with Crippen LogP contribution in [0.25, 0.3) is 0 Å². The van der Waals surface area contributed by atoms with E-state index < -0.39 is 6.03 Å². The van der Waals surface area contributed by atoms with Gasteiger partial charge in [-0.05, 0) is 30.7 Å². The van der Waals surface area contributed by atoms with E-state index in [9.17, 15) is 4.79 Å². The largest absolute Gasteiger partial charge is 0.363 e. The molecular formula is C17H19N5O. The first-order chi connectivity index (χ1) is 11.2. The second-order valence-electron chi connectivity index (χ2n) is 6.21. The van der Waals surface area contributed by atoms with Gasteiger partial charge in [-0.25, -0.2) is 9.78 Å². The molecule has 23 heavy (non-hydrogen) atoms. The topological polar surface area (TPSA) is 75.3 Å². The van der Waals surface area contributed by atoms with E-state index >= 15 is 0 Å². The molecule has 2 aromatic rings. The summed E-state index contributed by atoms with van der Waals surface area (Å²) in [6.45, 7) is 2.99. The van der Waals surface area contributed by atoms with Crippen molar-refractivity contribution < 1.29 is 4.79 Å². The minimum Gasteiger partial charge on any atom is -0.363 e. The highest BCUT2D eigenvalue weighted by molar-refractivity contribution is 5.95. The molecule has 1 saturated heterocycles. The first-order valence-electron chi connectivity index (χ1n) is 7.88. The number of anilines is 2. The third-order valence-corrected chi connectivity index (χ3v) is 4.96. The van der Waals surface area contributed by atoms with Crippen LogP contribution >= 0.6 is 0 Å². The number of amides is 2. The zero-order valence-electron chi connectivity index (χ0n) is 13.0. The van der Waals surface area contributed by atoms with Crippen LogP contribution in [0, 0.1) is 0 Å². The van der Waals surface area contributed by atoms with Crippen molar-refractivity contribution in [3.05, 3.63) is 48.4 Å². The normalized spacial score (nSPS) is 23.5. The van der Waals surface area contributed by atoms with Crippen molar-refractivity contribution in [1.82, 2.24) is 9.97 Å². The minimum atomic E-state index is -0.430. The zero-order valence-corrected chi connectivity index (χ0v) is 13.0. The van der Waals surface area contributed by atoms with E-state index in [1.54, 1.807) is 11.1 Å².